The first kappa shape index (κ1) is 17.6. The zero-order valence-electron chi connectivity index (χ0n) is 13.1. The Bertz CT molecular complexity index is 398. The molecule has 114 valence electrons. The average molecular weight is 343 g/mol. The molecule has 0 amide bonds. The van der Waals surface area contributed by atoms with Crippen LogP contribution in [0.2, 0.25) is 0 Å². The lowest BCUT2D eigenvalue weighted by Crippen LogP contribution is -2.35. The van der Waals surface area contributed by atoms with Gasteiger partial charge in [0, 0.05) is 30.7 Å². The van der Waals surface area contributed by atoms with Crippen LogP contribution in [0.5, 0.6) is 0 Å². The molecule has 20 heavy (non-hydrogen) atoms. The van der Waals surface area contributed by atoms with Crippen LogP contribution in [0, 0.1) is 0 Å². The largest absolute Gasteiger partial charge is 0.383 e. The second-order valence-electron chi connectivity index (χ2n) is 5.07. The summed E-state index contributed by atoms with van der Waals surface area (Å²) >= 11 is 3.70. The highest BCUT2D eigenvalue weighted by atomic mass is 79.9. The summed E-state index contributed by atoms with van der Waals surface area (Å²) in [4.78, 5) is 2.42. The van der Waals surface area contributed by atoms with Gasteiger partial charge in [-0.1, -0.05) is 41.9 Å². The fraction of sp³-hybridized carbons (Fsp3) is 0.625. The van der Waals surface area contributed by atoms with Gasteiger partial charge >= 0.3 is 0 Å². The van der Waals surface area contributed by atoms with Crippen molar-refractivity contribution in [3.8, 4) is 0 Å². The highest BCUT2D eigenvalue weighted by molar-refractivity contribution is 9.10. The lowest BCUT2D eigenvalue weighted by atomic mass is 10.1. The molecule has 0 aliphatic carbocycles. The second kappa shape index (κ2) is 9.50. The smallest absolute Gasteiger partial charge is 0.0615 e. The first-order valence-electron chi connectivity index (χ1n) is 7.33. The third kappa shape index (κ3) is 5.52. The van der Waals surface area contributed by atoms with Crippen LogP contribution in [-0.2, 0) is 17.8 Å². The van der Waals surface area contributed by atoms with Crippen molar-refractivity contribution in [3.63, 3.8) is 0 Å². The van der Waals surface area contributed by atoms with E-state index in [4.69, 9.17) is 4.74 Å². The molecule has 0 aliphatic heterocycles. The topological polar surface area (TPSA) is 24.5 Å². The summed E-state index contributed by atoms with van der Waals surface area (Å²) in [6.07, 6.45) is 0. The van der Waals surface area contributed by atoms with Crippen molar-refractivity contribution in [2.24, 2.45) is 0 Å². The monoisotopic (exact) mass is 342 g/mol. The van der Waals surface area contributed by atoms with Gasteiger partial charge in [0.15, 0.2) is 0 Å². The fourth-order valence-electron chi connectivity index (χ4n) is 2.24. The van der Waals surface area contributed by atoms with E-state index in [1.165, 1.54) is 15.6 Å². The molecule has 1 unspecified atom stereocenters. The molecule has 1 aromatic carbocycles. The Morgan fingerprint density at radius 1 is 1.35 bits per heavy atom. The zero-order chi connectivity index (χ0) is 15.0. The minimum Gasteiger partial charge on any atom is -0.383 e. The SMILES string of the molecule is CCNCc1ccc(CN(CC)C(C)COC)c(Br)c1. The molecule has 1 aromatic rings. The Labute approximate surface area is 131 Å². The molecule has 0 bridgehead atoms. The Morgan fingerprint density at radius 2 is 2.10 bits per heavy atom. The van der Waals surface area contributed by atoms with Crippen LogP contribution in [0.15, 0.2) is 22.7 Å². The summed E-state index contributed by atoms with van der Waals surface area (Å²) in [5.74, 6) is 0. The van der Waals surface area contributed by atoms with Gasteiger partial charge in [-0.2, -0.15) is 0 Å². The third-order valence-corrected chi connectivity index (χ3v) is 4.25. The number of rotatable bonds is 9. The van der Waals surface area contributed by atoms with Gasteiger partial charge < -0.3 is 10.1 Å². The van der Waals surface area contributed by atoms with E-state index < -0.39 is 0 Å². The molecule has 0 aromatic heterocycles. The number of halogens is 1. The second-order valence-corrected chi connectivity index (χ2v) is 5.93. The molecule has 0 heterocycles. The van der Waals surface area contributed by atoms with Gasteiger partial charge in [0.2, 0.25) is 0 Å². The molecule has 0 aliphatic rings. The van der Waals surface area contributed by atoms with Crippen molar-refractivity contribution in [1.29, 1.82) is 0 Å². The maximum Gasteiger partial charge on any atom is 0.0615 e. The van der Waals surface area contributed by atoms with Gasteiger partial charge in [-0.05, 0) is 37.2 Å². The standard InChI is InChI=1S/C16H27BrN2O/c1-5-18-10-14-7-8-15(16(17)9-14)11-19(6-2)13(3)12-20-4/h7-9,13,18H,5-6,10-12H2,1-4H3. The summed E-state index contributed by atoms with van der Waals surface area (Å²) < 4.78 is 6.45. The van der Waals surface area contributed by atoms with Gasteiger partial charge in [-0.3, -0.25) is 4.90 Å². The first-order valence-corrected chi connectivity index (χ1v) is 8.12. The minimum atomic E-state index is 0.429. The molecule has 0 radical (unpaired) electrons. The lowest BCUT2D eigenvalue weighted by Gasteiger charge is -2.27. The van der Waals surface area contributed by atoms with Crippen molar-refractivity contribution in [2.45, 2.75) is 39.9 Å². The number of benzene rings is 1. The fourth-order valence-corrected chi connectivity index (χ4v) is 2.79. The number of ether oxygens (including phenoxy) is 1. The molecule has 0 fully saturated rings. The van der Waals surface area contributed by atoms with Crippen LogP contribution in [0.25, 0.3) is 0 Å². The number of nitrogens with zero attached hydrogens (tertiary/aromatic N) is 1. The summed E-state index contributed by atoms with van der Waals surface area (Å²) in [6.45, 7) is 11.2. The van der Waals surface area contributed by atoms with E-state index in [9.17, 15) is 0 Å². The number of hydrogen-bond acceptors (Lipinski definition) is 3. The molecular weight excluding hydrogens is 316 g/mol. The number of methoxy groups -OCH3 is 1. The summed E-state index contributed by atoms with van der Waals surface area (Å²) in [6, 6.07) is 7.07. The molecule has 1 atom stereocenters. The van der Waals surface area contributed by atoms with E-state index in [0.29, 0.717) is 6.04 Å². The predicted molar refractivity (Wildman–Crippen MR) is 88.9 cm³/mol. The van der Waals surface area contributed by atoms with E-state index in [-0.39, 0.29) is 0 Å². The van der Waals surface area contributed by atoms with Gasteiger partial charge in [-0.15, -0.1) is 0 Å². The Morgan fingerprint density at radius 3 is 2.65 bits per heavy atom. The van der Waals surface area contributed by atoms with E-state index in [1.54, 1.807) is 7.11 Å². The molecule has 1 N–H and O–H groups in total. The minimum absolute atomic E-state index is 0.429. The third-order valence-electron chi connectivity index (χ3n) is 3.51. The highest BCUT2D eigenvalue weighted by Crippen LogP contribution is 2.21. The lowest BCUT2D eigenvalue weighted by molar-refractivity contribution is 0.0981. The quantitative estimate of drug-likeness (QED) is 0.744. The van der Waals surface area contributed by atoms with Crippen LogP contribution in [0.4, 0.5) is 0 Å². The molecule has 0 spiro atoms. The first-order chi connectivity index (χ1) is 9.62. The summed E-state index contributed by atoms with van der Waals surface area (Å²) in [7, 11) is 1.76. The van der Waals surface area contributed by atoms with E-state index >= 15 is 0 Å². The van der Waals surface area contributed by atoms with Crippen LogP contribution in [-0.4, -0.2) is 37.7 Å². The number of hydrogen-bond donors (Lipinski definition) is 1. The van der Waals surface area contributed by atoms with Crippen LogP contribution < -0.4 is 5.32 Å². The molecule has 3 nitrogen and oxygen atoms in total. The van der Waals surface area contributed by atoms with Crippen molar-refractivity contribution < 1.29 is 4.74 Å². The van der Waals surface area contributed by atoms with E-state index in [0.717, 1.165) is 32.8 Å². The maximum atomic E-state index is 5.26. The van der Waals surface area contributed by atoms with Crippen LogP contribution >= 0.6 is 15.9 Å². The molecule has 1 rings (SSSR count). The predicted octanol–water partition coefficient (Wildman–Crippen LogP) is 3.42. The van der Waals surface area contributed by atoms with E-state index in [2.05, 4.69) is 65.1 Å². The average Bonchev–Trinajstić information content (AvgIpc) is 2.44. The zero-order valence-corrected chi connectivity index (χ0v) is 14.7. The van der Waals surface area contributed by atoms with Crippen molar-refractivity contribution in [1.82, 2.24) is 10.2 Å². The van der Waals surface area contributed by atoms with Crippen LogP contribution in [0.1, 0.15) is 31.9 Å². The van der Waals surface area contributed by atoms with Gasteiger partial charge in [0.25, 0.3) is 0 Å². The van der Waals surface area contributed by atoms with Crippen molar-refractivity contribution in [3.05, 3.63) is 33.8 Å². The molecule has 0 saturated carbocycles. The molecule has 4 heteroatoms. The van der Waals surface area contributed by atoms with Gasteiger partial charge in [0.1, 0.15) is 0 Å². The summed E-state index contributed by atoms with van der Waals surface area (Å²) in [5.41, 5.74) is 2.64. The van der Waals surface area contributed by atoms with Crippen molar-refractivity contribution in [2.75, 3.05) is 26.8 Å². The summed E-state index contributed by atoms with van der Waals surface area (Å²) in [5, 5.41) is 3.35. The van der Waals surface area contributed by atoms with Crippen molar-refractivity contribution >= 4 is 15.9 Å². The maximum absolute atomic E-state index is 5.26. The highest BCUT2D eigenvalue weighted by Gasteiger charge is 2.13. The Hall–Kier alpha value is -0.420. The van der Waals surface area contributed by atoms with Crippen LogP contribution in [0.3, 0.4) is 0 Å². The molecule has 0 saturated heterocycles. The number of nitrogens with one attached hydrogen (secondary N) is 1. The van der Waals surface area contributed by atoms with Gasteiger partial charge in [-0.25, -0.2) is 0 Å². The van der Waals surface area contributed by atoms with Gasteiger partial charge in [0.05, 0.1) is 6.61 Å². The van der Waals surface area contributed by atoms with E-state index in [1.807, 2.05) is 0 Å². The Balaban J connectivity index is 2.70. The Kier molecular flexibility index (Phi) is 8.38. The molecular formula is C16H27BrN2O. The number of likely N-dealkylation sites (N-methyl/N-ethyl adjacent to an activating group) is 1. The normalized spacial score (nSPS) is 12.9.